The molecule has 2 N–H and O–H groups in total. The van der Waals surface area contributed by atoms with E-state index in [0.29, 0.717) is 11.8 Å². The number of aromatic amines is 1. The van der Waals surface area contributed by atoms with Gasteiger partial charge in [0.15, 0.2) is 0 Å². The van der Waals surface area contributed by atoms with Crippen LogP contribution >= 0.6 is 0 Å². The van der Waals surface area contributed by atoms with Crippen LogP contribution in [0.2, 0.25) is 0 Å². The lowest BCUT2D eigenvalue weighted by Gasteiger charge is -2.36. The summed E-state index contributed by atoms with van der Waals surface area (Å²) >= 11 is 0. The van der Waals surface area contributed by atoms with Crippen molar-refractivity contribution in [2.24, 2.45) is 5.92 Å². The van der Waals surface area contributed by atoms with E-state index in [0.717, 1.165) is 25.1 Å². The van der Waals surface area contributed by atoms with Gasteiger partial charge in [0, 0.05) is 18.3 Å². The minimum Gasteiger partial charge on any atom is -0.329 e. The summed E-state index contributed by atoms with van der Waals surface area (Å²) in [5.74, 6) is 1.24. The van der Waals surface area contributed by atoms with Gasteiger partial charge in [-0.25, -0.2) is 0 Å². The van der Waals surface area contributed by atoms with Gasteiger partial charge >= 0.3 is 0 Å². The summed E-state index contributed by atoms with van der Waals surface area (Å²) in [4.78, 5) is 14.4. The van der Waals surface area contributed by atoms with Crippen molar-refractivity contribution < 1.29 is 0 Å². The highest BCUT2D eigenvalue weighted by molar-refractivity contribution is 5.31. The van der Waals surface area contributed by atoms with Crippen molar-refractivity contribution in [1.29, 1.82) is 0 Å². The Bertz CT molecular complexity index is 410. The molecule has 0 spiro atoms. The van der Waals surface area contributed by atoms with Crippen molar-refractivity contribution in [3.8, 4) is 0 Å². The number of H-pyrrole nitrogens is 1. The van der Waals surface area contributed by atoms with Gasteiger partial charge in [-0.2, -0.15) is 0 Å². The minimum absolute atomic E-state index is 0.124. The van der Waals surface area contributed by atoms with Crippen molar-refractivity contribution in [3.63, 3.8) is 0 Å². The van der Waals surface area contributed by atoms with Crippen LogP contribution in [0.1, 0.15) is 23.5 Å². The molecule has 1 saturated heterocycles. The van der Waals surface area contributed by atoms with Crippen LogP contribution in [0.15, 0.2) is 17.1 Å². The SMILES string of the molecule is O=c1[nH]ccc2c1CC1CNC[C@@H]2C1. The molecule has 0 radical (unpaired) electrons. The monoisotopic (exact) mass is 190 g/mol. The number of fused-ring (bicyclic) bond motifs is 4. The molecule has 3 heteroatoms. The molecule has 14 heavy (non-hydrogen) atoms. The predicted molar refractivity (Wildman–Crippen MR) is 54.5 cm³/mol. The number of pyridine rings is 1. The summed E-state index contributed by atoms with van der Waals surface area (Å²) in [6.45, 7) is 2.11. The molecule has 0 amide bonds. The van der Waals surface area contributed by atoms with Crippen LogP contribution in [-0.2, 0) is 6.42 Å². The Morgan fingerprint density at radius 1 is 1.36 bits per heavy atom. The lowest BCUT2D eigenvalue weighted by atomic mass is 9.75. The maximum absolute atomic E-state index is 11.6. The van der Waals surface area contributed by atoms with Gasteiger partial charge in [0.05, 0.1) is 0 Å². The van der Waals surface area contributed by atoms with E-state index in [1.165, 1.54) is 12.0 Å². The van der Waals surface area contributed by atoms with Crippen LogP contribution in [0.3, 0.4) is 0 Å². The molecule has 2 aliphatic rings. The summed E-state index contributed by atoms with van der Waals surface area (Å²) in [5, 5.41) is 3.43. The van der Waals surface area contributed by atoms with E-state index in [2.05, 4.69) is 16.4 Å². The molecular weight excluding hydrogens is 176 g/mol. The third-order valence-corrected chi connectivity index (χ3v) is 3.47. The first-order valence-corrected chi connectivity index (χ1v) is 5.26. The van der Waals surface area contributed by atoms with E-state index >= 15 is 0 Å². The normalized spacial score (nSPS) is 29.7. The van der Waals surface area contributed by atoms with E-state index in [1.807, 2.05) is 0 Å². The van der Waals surface area contributed by atoms with E-state index in [4.69, 9.17) is 0 Å². The maximum Gasteiger partial charge on any atom is 0.251 e. The predicted octanol–water partition coefficient (Wildman–Crippen LogP) is 0.624. The quantitative estimate of drug-likeness (QED) is 0.630. The second-order valence-electron chi connectivity index (χ2n) is 4.40. The molecule has 1 unspecified atom stereocenters. The molecule has 2 atom stereocenters. The fraction of sp³-hybridized carbons (Fsp3) is 0.545. The molecule has 1 fully saturated rings. The first-order chi connectivity index (χ1) is 6.84. The number of hydrogen-bond donors (Lipinski definition) is 2. The van der Waals surface area contributed by atoms with Gasteiger partial charge in [-0.05, 0) is 42.9 Å². The fourth-order valence-electron chi connectivity index (χ4n) is 2.83. The fourth-order valence-corrected chi connectivity index (χ4v) is 2.83. The van der Waals surface area contributed by atoms with E-state index in [1.54, 1.807) is 6.20 Å². The summed E-state index contributed by atoms with van der Waals surface area (Å²) in [5.41, 5.74) is 2.44. The smallest absolute Gasteiger partial charge is 0.251 e. The average Bonchev–Trinajstić information content (AvgIpc) is 2.20. The molecule has 74 valence electrons. The summed E-state index contributed by atoms with van der Waals surface area (Å²) in [6.07, 6.45) is 3.98. The number of aromatic nitrogens is 1. The standard InChI is InChI=1S/C11H14N2O/c14-11-10-4-7-3-8(6-12-5-7)9(10)1-2-13-11/h1-2,7-8,12H,3-6H2,(H,13,14)/t7?,8-/m0/s1. The first-order valence-electron chi connectivity index (χ1n) is 5.26. The van der Waals surface area contributed by atoms with Crippen molar-refractivity contribution >= 4 is 0 Å². The Hall–Kier alpha value is -1.09. The Morgan fingerprint density at radius 3 is 3.21 bits per heavy atom. The molecule has 3 rings (SSSR count). The molecule has 0 saturated carbocycles. The van der Waals surface area contributed by atoms with Crippen LogP contribution < -0.4 is 10.9 Å². The van der Waals surface area contributed by atoms with Crippen LogP contribution in [0.5, 0.6) is 0 Å². The average molecular weight is 190 g/mol. The highest BCUT2D eigenvalue weighted by atomic mass is 16.1. The van der Waals surface area contributed by atoms with E-state index in [9.17, 15) is 4.79 Å². The highest BCUT2D eigenvalue weighted by Gasteiger charge is 2.31. The van der Waals surface area contributed by atoms with Crippen LogP contribution in [0.4, 0.5) is 0 Å². The molecule has 2 bridgehead atoms. The zero-order valence-electron chi connectivity index (χ0n) is 8.05. The van der Waals surface area contributed by atoms with Gasteiger partial charge in [0.2, 0.25) is 0 Å². The summed E-state index contributed by atoms with van der Waals surface area (Å²) in [6, 6.07) is 2.07. The zero-order chi connectivity index (χ0) is 9.54. The Labute approximate surface area is 82.5 Å². The van der Waals surface area contributed by atoms with Crippen molar-refractivity contribution in [3.05, 3.63) is 33.7 Å². The third kappa shape index (κ3) is 1.12. The van der Waals surface area contributed by atoms with Crippen molar-refractivity contribution in [2.45, 2.75) is 18.8 Å². The summed E-state index contributed by atoms with van der Waals surface area (Å²) in [7, 11) is 0. The maximum atomic E-state index is 11.6. The number of nitrogens with one attached hydrogen (secondary N) is 2. The third-order valence-electron chi connectivity index (χ3n) is 3.47. The topological polar surface area (TPSA) is 44.9 Å². The second-order valence-corrected chi connectivity index (χ2v) is 4.40. The van der Waals surface area contributed by atoms with Gasteiger partial charge in [-0.15, -0.1) is 0 Å². The largest absolute Gasteiger partial charge is 0.329 e. The minimum atomic E-state index is 0.124. The summed E-state index contributed by atoms with van der Waals surface area (Å²) < 4.78 is 0. The molecule has 1 aromatic heterocycles. The number of piperidine rings is 1. The van der Waals surface area contributed by atoms with Crippen molar-refractivity contribution in [1.82, 2.24) is 10.3 Å². The van der Waals surface area contributed by atoms with Gasteiger partial charge in [-0.1, -0.05) is 0 Å². The van der Waals surface area contributed by atoms with E-state index in [-0.39, 0.29) is 5.56 Å². The Morgan fingerprint density at radius 2 is 2.29 bits per heavy atom. The lowest BCUT2D eigenvalue weighted by molar-refractivity contribution is 0.316. The molecule has 0 aromatic carbocycles. The van der Waals surface area contributed by atoms with Gasteiger partial charge < -0.3 is 10.3 Å². The van der Waals surface area contributed by atoms with Crippen LogP contribution in [-0.4, -0.2) is 18.1 Å². The van der Waals surface area contributed by atoms with Crippen LogP contribution in [0.25, 0.3) is 0 Å². The molecular formula is C11H14N2O. The zero-order valence-corrected chi connectivity index (χ0v) is 8.05. The molecule has 1 aromatic rings. The Balaban J connectivity index is 2.15. The Kier molecular flexibility index (Phi) is 1.74. The van der Waals surface area contributed by atoms with Gasteiger partial charge in [0.1, 0.15) is 0 Å². The van der Waals surface area contributed by atoms with Crippen molar-refractivity contribution in [2.75, 3.05) is 13.1 Å². The van der Waals surface area contributed by atoms with E-state index < -0.39 is 0 Å². The van der Waals surface area contributed by atoms with Gasteiger partial charge in [-0.3, -0.25) is 4.79 Å². The first kappa shape index (κ1) is 8.24. The molecule has 1 aliphatic heterocycles. The molecule has 1 aliphatic carbocycles. The van der Waals surface area contributed by atoms with Crippen LogP contribution in [0, 0.1) is 5.92 Å². The second kappa shape index (κ2) is 2.95. The molecule has 2 heterocycles. The van der Waals surface area contributed by atoms with Gasteiger partial charge in [0.25, 0.3) is 5.56 Å². The highest BCUT2D eigenvalue weighted by Crippen LogP contribution is 2.34. The number of hydrogen-bond acceptors (Lipinski definition) is 2. The number of rotatable bonds is 0. The molecule has 3 nitrogen and oxygen atoms in total. The lowest BCUT2D eigenvalue weighted by Crippen LogP contribution is -2.41.